The maximum Gasteiger partial charge on any atom is 0.251 e. The molecule has 676 valence electrons. The third-order valence-electron chi connectivity index (χ3n) is 20.2. The molecule has 0 fully saturated rings. The van der Waals surface area contributed by atoms with Crippen LogP contribution in [0.3, 0.4) is 0 Å². The molecule has 123 heavy (non-hydrogen) atoms. The Morgan fingerprint density at radius 2 is 0.829 bits per heavy atom. The van der Waals surface area contributed by atoms with Gasteiger partial charge in [-0.05, 0) is 130 Å². The molecule has 0 saturated heterocycles. The molecule has 3 aromatic carbocycles. The molecule has 15 atom stereocenters. The number of guanidine groups is 3. The van der Waals surface area contributed by atoms with Crippen molar-refractivity contribution in [2.24, 2.45) is 57.9 Å². The molecule has 35 N–H and O–H groups in total. The van der Waals surface area contributed by atoms with Gasteiger partial charge < -0.3 is 135 Å². The van der Waals surface area contributed by atoms with Crippen molar-refractivity contribution in [3.8, 4) is 5.75 Å². The van der Waals surface area contributed by atoms with Crippen molar-refractivity contribution < 1.29 is 82.1 Å². The average molecular weight is 1720 g/mol. The standard InChI is InChI=1S/C80H124N26O17/c1-9-41(5)62(104-74(120)58(36-48-39-94-51-17-12-11-16-50(48)51)101-66(112)43(7)95-68(114)52(18-13-31-91-78(85)86)96-67(113)47-25-21-46(38-81)22-26-47)75(121)103-59(37-61(83)110)72(118)102-57(34-40(3)4)73(119)105-63(42(6)10-2)76(122)106-64(44(8)107)77(123)99-54(20-15-33-93-80(89)90)69(115)98-55(29-30-60(82)109)71(117)97-53(19-14-32-92-79(87)88)70(116)100-56(65(84)111)35-45-23-27-49(108)28-24-45/h11-12,16-17,21-28,39-44,52-59,62-64,94,107-108H,9-10,13-15,18-20,29-38,81H2,1-8H3,(H2,82,109)(H2,83,110)(H2,84,111)(H,95,114)(H,96,113)(H,97,117)(H,98,115)(H,99,123)(H,100,116)(H,101,112)(H,102,118)(H,103,121)(H,104,120)(H,105,119)(H,106,122)(H4,85,86,91)(H4,87,88,92)(H4,89,90,93)/t41-,42-,43-,44+,52-,53-,54-,55-,56-,57-,58-,59-,62-,63-,64-/m0/s1. The van der Waals surface area contributed by atoms with E-state index >= 15 is 0 Å². The lowest BCUT2D eigenvalue weighted by atomic mass is 9.95. The van der Waals surface area contributed by atoms with Crippen molar-refractivity contribution in [3.05, 3.63) is 101 Å². The zero-order valence-corrected chi connectivity index (χ0v) is 70.5. The van der Waals surface area contributed by atoms with Crippen molar-refractivity contribution >= 4 is 117 Å². The minimum atomic E-state index is -1.93. The molecule has 4 aromatic rings. The van der Waals surface area contributed by atoms with Crippen molar-refractivity contribution in [2.45, 2.75) is 230 Å². The zero-order valence-electron chi connectivity index (χ0n) is 70.5. The third-order valence-corrected chi connectivity index (χ3v) is 20.2. The van der Waals surface area contributed by atoms with Crippen LogP contribution < -0.4 is 120 Å². The van der Waals surface area contributed by atoms with E-state index in [0.717, 1.165) is 12.5 Å². The summed E-state index contributed by atoms with van der Waals surface area (Å²) >= 11 is 0. The van der Waals surface area contributed by atoms with Gasteiger partial charge in [0.1, 0.15) is 78.3 Å². The predicted molar refractivity (Wildman–Crippen MR) is 455 cm³/mol. The molecule has 0 aliphatic heterocycles. The van der Waals surface area contributed by atoms with E-state index < -0.39 is 216 Å². The molecule has 1 aromatic heterocycles. The molecular formula is C80H124N26O17. The van der Waals surface area contributed by atoms with E-state index in [0.29, 0.717) is 22.0 Å². The first kappa shape index (κ1) is 102. The number of aliphatic hydroxyl groups excluding tert-OH is 1. The molecule has 43 heteroatoms. The number of aliphatic hydroxyl groups is 1. The number of amides is 15. The van der Waals surface area contributed by atoms with Crippen LogP contribution in [-0.2, 0) is 86.5 Å². The second kappa shape index (κ2) is 51.4. The number of benzene rings is 3. The number of hydrogen-bond acceptors (Lipinski definition) is 21. The Morgan fingerprint density at radius 3 is 1.30 bits per heavy atom. The average Bonchev–Trinajstić information content (AvgIpc) is 1.00. The Kier molecular flexibility index (Phi) is 42.7. The van der Waals surface area contributed by atoms with Crippen LogP contribution in [-0.4, -0.2) is 220 Å². The fourth-order valence-corrected chi connectivity index (χ4v) is 12.8. The zero-order chi connectivity index (χ0) is 91.9. The first-order chi connectivity index (χ1) is 58.1. The summed E-state index contributed by atoms with van der Waals surface area (Å²) in [7, 11) is 0. The fourth-order valence-electron chi connectivity index (χ4n) is 12.8. The summed E-state index contributed by atoms with van der Waals surface area (Å²) in [6, 6.07) is 0.417. The normalized spacial score (nSPS) is 14.8. The first-order valence-corrected chi connectivity index (χ1v) is 40.6. The summed E-state index contributed by atoms with van der Waals surface area (Å²) in [6.07, 6.45) is -2.29. The van der Waals surface area contributed by atoms with Gasteiger partial charge in [0.05, 0.1) is 12.5 Å². The van der Waals surface area contributed by atoms with Crippen molar-refractivity contribution in [3.63, 3.8) is 0 Å². The second-order valence-electron chi connectivity index (χ2n) is 30.6. The van der Waals surface area contributed by atoms with E-state index in [1.165, 1.54) is 43.3 Å². The van der Waals surface area contributed by atoms with Gasteiger partial charge in [0, 0.05) is 68.1 Å². The molecule has 15 amide bonds. The molecule has 43 nitrogen and oxygen atoms in total. The Bertz CT molecular complexity index is 4320. The highest BCUT2D eigenvalue weighted by molar-refractivity contribution is 6.02. The molecule has 1 heterocycles. The first-order valence-electron chi connectivity index (χ1n) is 40.6. The van der Waals surface area contributed by atoms with E-state index in [2.05, 4.69) is 84.7 Å². The van der Waals surface area contributed by atoms with Gasteiger partial charge in [0.2, 0.25) is 82.7 Å². The largest absolute Gasteiger partial charge is 0.508 e. The van der Waals surface area contributed by atoms with Crippen LogP contribution in [0.15, 0.2) is 79.0 Å². The maximum atomic E-state index is 14.9. The summed E-state index contributed by atoms with van der Waals surface area (Å²) < 4.78 is 0. The third kappa shape index (κ3) is 35.6. The number of fused-ring (bicyclic) bond motifs is 1. The van der Waals surface area contributed by atoms with Crippen molar-refractivity contribution in [2.75, 3.05) is 19.6 Å². The number of carbonyl (C=O) groups is 15. The van der Waals surface area contributed by atoms with Crippen molar-refractivity contribution in [1.29, 1.82) is 16.2 Å². The minimum absolute atomic E-state index is 0.0212. The van der Waals surface area contributed by atoms with Gasteiger partial charge in [-0.2, -0.15) is 0 Å². The number of phenols is 1. The van der Waals surface area contributed by atoms with E-state index in [4.69, 9.17) is 56.4 Å². The van der Waals surface area contributed by atoms with E-state index in [-0.39, 0.29) is 114 Å². The number of nitrogens with two attached hydrogens (primary N) is 7. The molecule has 4 rings (SSSR count). The van der Waals surface area contributed by atoms with Crippen LogP contribution in [0.1, 0.15) is 159 Å². The van der Waals surface area contributed by atoms with Gasteiger partial charge in [-0.3, -0.25) is 88.1 Å². The number of aromatic nitrogens is 1. The van der Waals surface area contributed by atoms with Crippen LogP contribution in [0.2, 0.25) is 0 Å². The number of rotatable bonds is 54. The van der Waals surface area contributed by atoms with Crippen molar-refractivity contribution in [1.82, 2.24) is 84.7 Å². The molecule has 0 aliphatic rings. The highest BCUT2D eigenvalue weighted by Crippen LogP contribution is 2.22. The summed E-state index contributed by atoms with van der Waals surface area (Å²) in [4.78, 5) is 214. The van der Waals surface area contributed by atoms with Gasteiger partial charge >= 0.3 is 0 Å². The Morgan fingerprint density at radius 1 is 0.423 bits per heavy atom. The number of primary amides is 3. The number of nitrogens with one attached hydrogen (secondary N) is 19. The molecule has 0 spiro atoms. The number of hydrogen-bond donors (Lipinski definition) is 28. The fraction of sp³-hybridized carbons (Fsp3) is 0.525. The van der Waals surface area contributed by atoms with Gasteiger partial charge in [0.25, 0.3) is 5.91 Å². The molecule has 0 radical (unpaired) electrons. The molecule has 0 aliphatic carbocycles. The smallest absolute Gasteiger partial charge is 0.251 e. The highest BCUT2D eigenvalue weighted by Gasteiger charge is 2.40. The number of phenolic OH excluding ortho intramolecular Hbond substituents is 1. The molecular weight excluding hydrogens is 1600 g/mol. The highest BCUT2D eigenvalue weighted by atomic mass is 16.3. The van der Waals surface area contributed by atoms with Gasteiger partial charge in [-0.1, -0.05) is 96.8 Å². The quantitative estimate of drug-likeness (QED) is 0.0112. The summed E-state index contributed by atoms with van der Waals surface area (Å²) in [5.74, 6) is -17.8. The minimum Gasteiger partial charge on any atom is -0.508 e. The SMILES string of the molecule is CC[C@H](C)[C@H](NC(=O)[C@H](Cc1c[nH]c2ccccc12)NC(=O)[C@H](C)NC(=O)[C@H](CCCNC(=N)N)NC(=O)c1ccc(CN)cc1)C(=O)N[C@@H](CC(N)=O)C(=O)N[C@@H](CC(C)C)C(=O)N[C@H](C(=O)N[C@H](C(=O)N[C@@H](CCCNC(=N)N)C(=O)N[C@@H](CCC(N)=O)C(=O)N[C@@H](CCCNC(=N)N)C(=O)N[C@@H](Cc1ccc(O)cc1)C(N)=O)[C@@H](C)O)[C@@H](C)CC. The van der Waals surface area contributed by atoms with Gasteiger partial charge in [0.15, 0.2) is 17.9 Å². The number of aromatic hydroxyl groups is 1. The molecule has 0 unspecified atom stereocenters. The van der Waals surface area contributed by atoms with E-state index in [1.807, 2.05) is 0 Å². The maximum absolute atomic E-state index is 14.9. The summed E-state index contributed by atoms with van der Waals surface area (Å²) in [6.45, 7) is 12.7. The topological polar surface area (TPSA) is 746 Å². The predicted octanol–water partition coefficient (Wildman–Crippen LogP) is -4.80. The number of carbonyl (C=O) groups excluding carboxylic acids is 15. The monoisotopic (exact) mass is 1720 g/mol. The van der Waals surface area contributed by atoms with Gasteiger partial charge in [-0.15, -0.1) is 0 Å². The van der Waals surface area contributed by atoms with Crippen LogP contribution in [0.25, 0.3) is 10.9 Å². The number of H-pyrrole nitrogens is 1. The summed E-state index contributed by atoms with van der Waals surface area (Å²) in [5.41, 5.74) is 41.7. The Labute approximate surface area is 712 Å². The number of para-hydroxylation sites is 1. The molecule has 0 saturated carbocycles. The summed E-state index contributed by atoms with van der Waals surface area (Å²) in [5, 5.41) is 83.1. The lowest BCUT2D eigenvalue weighted by Crippen LogP contribution is -2.63. The Hall–Kier alpha value is -13.2. The van der Waals surface area contributed by atoms with Crippen LogP contribution >= 0.6 is 0 Å². The van der Waals surface area contributed by atoms with Crippen LogP contribution in [0.5, 0.6) is 5.75 Å². The lowest BCUT2D eigenvalue weighted by molar-refractivity contribution is -0.138. The Balaban J connectivity index is 1.61. The van der Waals surface area contributed by atoms with Crippen LogP contribution in [0.4, 0.5) is 0 Å². The second-order valence-corrected chi connectivity index (χ2v) is 30.6. The van der Waals surface area contributed by atoms with Crippen LogP contribution in [0, 0.1) is 34.0 Å². The van der Waals surface area contributed by atoms with Gasteiger partial charge in [-0.25, -0.2) is 0 Å². The molecule has 0 bridgehead atoms. The van der Waals surface area contributed by atoms with E-state index in [9.17, 15) is 82.1 Å². The lowest BCUT2D eigenvalue weighted by Gasteiger charge is -2.31. The van der Waals surface area contributed by atoms with E-state index in [1.54, 1.807) is 84.1 Å². The number of aromatic amines is 1.